The molecule has 120 valence electrons. The van der Waals surface area contributed by atoms with Gasteiger partial charge < -0.3 is 15.2 Å². The van der Waals surface area contributed by atoms with E-state index in [9.17, 15) is 14.4 Å². The molecular formula is C16H21NO5. The molecule has 0 saturated heterocycles. The van der Waals surface area contributed by atoms with Gasteiger partial charge in [0, 0.05) is 31.4 Å². The zero-order valence-electron chi connectivity index (χ0n) is 12.6. The summed E-state index contributed by atoms with van der Waals surface area (Å²) >= 11 is 0. The lowest BCUT2D eigenvalue weighted by Gasteiger charge is -2.05. The molecule has 0 aliphatic rings. The van der Waals surface area contributed by atoms with Crippen LogP contribution in [0.15, 0.2) is 24.3 Å². The Balaban J connectivity index is 2.22. The van der Waals surface area contributed by atoms with Gasteiger partial charge in [0.1, 0.15) is 5.75 Å². The summed E-state index contributed by atoms with van der Waals surface area (Å²) in [5.41, 5.74) is 0.551. The number of hydrogen-bond acceptors (Lipinski definition) is 4. The molecule has 1 aromatic carbocycles. The fraction of sp³-hybridized carbons (Fsp3) is 0.438. The van der Waals surface area contributed by atoms with E-state index in [2.05, 4.69) is 5.32 Å². The van der Waals surface area contributed by atoms with Gasteiger partial charge in [0.2, 0.25) is 5.91 Å². The summed E-state index contributed by atoms with van der Waals surface area (Å²) in [6.07, 6.45) is 1.52. The van der Waals surface area contributed by atoms with Gasteiger partial charge in [-0.3, -0.25) is 14.4 Å². The number of ether oxygens (including phenoxy) is 1. The minimum absolute atomic E-state index is 0.0938. The van der Waals surface area contributed by atoms with Gasteiger partial charge in [-0.2, -0.15) is 0 Å². The lowest BCUT2D eigenvalue weighted by atomic mass is 10.1. The molecule has 0 radical (unpaired) electrons. The van der Waals surface area contributed by atoms with Crippen molar-refractivity contribution >= 4 is 17.7 Å². The van der Waals surface area contributed by atoms with E-state index in [-0.39, 0.29) is 31.0 Å². The second-order valence-electron chi connectivity index (χ2n) is 4.85. The molecule has 0 aliphatic heterocycles. The third-order valence-corrected chi connectivity index (χ3v) is 3.13. The molecule has 0 unspecified atom stereocenters. The number of carbonyl (C=O) groups is 3. The number of unbranched alkanes of at least 4 members (excludes halogenated alkanes) is 1. The van der Waals surface area contributed by atoms with Crippen LogP contribution in [0.2, 0.25) is 0 Å². The van der Waals surface area contributed by atoms with Crippen LogP contribution in [0.5, 0.6) is 5.75 Å². The van der Waals surface area contributed by atoms with Crippen LogP contribution >= 0.6 is 0 Å². The summed E-state index contributed by atoms with van der Waals surface area (Å²) in [7, 11) is 1.55. The van der Waals surface area contributed by atoms with Gasteiger partial charge in [0.25, 0.3) is 0 Å². The minimum Gasteiger partial charge on any atom is -0.497 e. The molecule has 22 heavy (non-hydrogen) atoms. The molecule has 0 heterocycles. The van der Waals surface area contributed by atoms with Gasteiger partial charge in [0.15, 0.2) is 5.78 Å². The Kier molecular flexibility index (Phi) is 7.67. The third-order valence-electron chi connectivity index (χ3n) is 3.13. The van der Waals surface area contributed by atoms with Crippen molar-refractivity contribution in [3.05, 3.63) is 29.8 Å². The largest absolute Gasteiger partial charge is 0.497 e. The van der Waals surface area contributed by atoms with E-state index >= 15 is 0 Å². The fourth-order valence-electron chi connectivity index (χ4n) is 1.87. The Labute approximate surface area is 129 Å². The second-order valence-corrected chi connectivity index (χ2v) is 4.85. The Hall–Kier alpha value is -2.37. The molecule has 1 aromatic rings. The highest BCUT2D eigenvalue weighted by Crippen LogP contribution is 2.13. The molecule has 0 atom stereocenters. The predicted octanol–water partition coefficient (Wildman–Crippen LogP) is 2.03. The maximum atomic E-state index is 11.9. The molecule has 2 N–H and O–H groups in total. The molecule has 0 fully saturated rings. The molecule has 1 amide bonds. The second kappa shape index (κ2) is 9.55. The lowest BCUT2D eigenvalue weighted by molar-refractivity contribution is -0.137. The van der Waals surface area contributed by atoms with Crippen LogP contribution in [-0.2, 0) is 9.59 Å². The van der Waals surface area contributed by atoms with Crippen LogP contribution in [0.1, 0.15) is 42.5 Å². The van der Waals surface area contributed by atoms with Gasteiger partial charge in [0.05, 0.1) is 7.11 Å². The Morgan fingerprint density at radius 1 is 1.05 bits per heavy atom. The number of aliphatic carboxylic acids is 1. The molecule has 0 saturated carbocycles. The first-order valence-corrected chi connectivity index (χ1v) is 7.18. The van der Waals surface area contributed by atoms with Gasteiger partial charge in [-0.05, 0) is 37.1 Å². The first-order valence-electron chi connectivity index (χ1n) is 7.18. The molecule has 0 aliphatic carbocycles. The number of hydrogen-bond donors (Lipinski definition) is 2. The highest BCUT2D eigenvalue weighted by atomic mass is 16.5. The summed E-state index contributed by atoms with van der Waals surface area (Å²) in [6, 6.07) is 6.75. The topological polar surface area (TPSA) is 92.7 Å². The van der Waals surface area contributed by atoms with E-state index in [1.54, 1.807) is 31.4 Å². The van der Waals surface area contributed by atoms with E-state index in [1.807, 2.05) is 0 Å². The summed E-state index contributed by atoms with van der Waals surface area (Å²) in [5.74, 6) is -0.451. The number of rotatable bonds is 10. The van der Waals surface area contributed by atoms with E-state index in [1.165, 1.54) is 0 Å². The average Bonchev–Trinajstić information content (AvgIpc) is 2.52. The predicted molar refractivity (Wildman–Crippen MR) is 81.1 cm³/mol. The molecule has 0 spiro atoms. The van der Waals surface area contributed by atoms with E-state index < -0.39 is 5.97 Å². The molecule has 0 bridgehead atoms. The standard InChI is InChI=1S/C16H21NO5/c1-22-13-7-5-12(6-8-13)14(18)9-10-15(19)17-11-3-2-4-16(20)21/h5-8H,2-4,9-11H2,1H3,(H,17,19)(H,20,21). The Bertz CT molecular complexity index is 510. The van der Waals surface area contributed by atoms with Crippen molar-refractivity contribution in [2.45, 2.75) is 32.1 Å². The average molecular weight is 307 g/mol. The number of carbonyl (C=O) groups excluding carboxylic acids is 2. The van der Waals surface area contributed by atoms with Crippen molar-refractivity contribution in [1.29, 1.82) is 0 Å². The van der Waals surface area contributed by atoms with E-state index in [0.29, 0.717) is 30.7 Å². The first kappa shape index (κ1) is 17.7. The van der Waals surface area contributed by atoms with Crippen LogP contribution in [0.4, 0.5) is 0 Å². The Morgan fingerprint density at radius 3 is 2.32 bits per heavy atom. The highest BCUT2D eigenvalue weighted by Gasteiger charge is 2.09. The zero-order chi connectivity index (χ0) is 16.4. The minimum atomic E-state index is -0.837. The van der Waals surface area contributed by atoms with Crippen molar-refractivity contribution in [2.75, 3.05) is 13.7 Å². The summed E-state index contributed by atoms with van der Waals surface area (Å²) in [5, 5.41) is 11.2. The number of benzene rings is 1. The molecular weight excluding hydrogens is 286 g/mol. The van der Waals surface area contributed by atoms with Crippen LogP contribution in [0.3, 0.4) is 0 Å². The van der Waals surface area contributed by atoms with Crippen LogP contribution in [0, 0.1) is 0 Å². The fourth-order valence-corrected chi connectivity index (χ4v) is 1.87. The van der Waals surface area contributed by atoms with E-state index in [4.69, 9.17) is 9.84 Å². The van der Waals surface area contributed by atoms with Crippen molar-refractivity contribution in [3.63, 3.8) is 0 Å². The van der Waals surface area contributed by atoms with Crippen molar-refractivity contribution < 1.29 is 24.2 Å². The van der Waals surface area contributed by atoms with Gasteiger partial charge in [-0.1, -0.05) is 0 Å². The monoisotopic (exact) mass is 307 g/mol. The molecule has 0 aromatic heterocycles. The maximum Gasteiger partial charge on any atom is 0.303 e. The number of ketones is 1. The van der Waals surface area contributed by atoms with Gasteiger partial charge in [-0.15, -0.1) is 0 Å². The quantitative estimate of drug-likeness (QED) is 0.509. The molecule has 1 rings (SSSR count). The van der Waals surface area contributed by atoms with Crippen LogP contribution in [0.25, 0.3) is 0 Å². The number of carboxylic acids is 1. The van der Waals surface area contributed by atoms with Crippen molar-refractivity contribution in [1.82, 2.24) is 5.32 Å². The van der Waals surface area contributed by atoms with Crippen molar-refractivity contribution in [3.8, 4) is 5.75 Å². The number of carboxylic acid groups (broad SMARTS) is 1. The highest BCUT2D eigenvalue weighted by molar-refractivity contribution is 5.98. The number of nitrogens with one attached hydrogen (secondary N) is 1. The first-order chi connectivity index (χ1) is 10.5. The SMILES string of the molecule is COc1ccc(C(=O)CCC(=O)NCCCCC(=O)O)cc1. The summed E-state index contributed by atoms with van der Waals surface area (Å²) in [6.45, 7) is 0.433. The molecule has 6 heteroatoms. The molecule has 6 nitrogen and oxygen atoms in total. The van der Waals surface area contributed by atoms with Crippen LogP contribution < -0.4 is 10.1 Å². The third kappa shape index (κ3) is 6.88. The maximum absolute atomic E-state index is 11.9. The number of methoxy groups -OCH3 is 1. The number of Topliss-reactive ketones (excluding diaryl/α,β-unsaturated/α-hetero) is 1. The van der Waals surface area contributed by atoms with Gasteiger partial charge in [-0.25, -0.2) is 0 Å². The Morgan fingerprint density at radius 2 is 1.73 bits per heavy atom. The van der Waals surface area contributed by atoms with Crippen molar-refractivity contribution in [2.24, 2.45) is 0 Å². The normalized spacial score (nSPS) is 10.0. The smallest absolute Gasteiger partial charge is 0.303 e. The lowest BCUT2D eigenvalue weighted by Crippen LogP contribution is -2.24. The zero-order valence-corrected chi connectivity index (χ0v) is 12.6. The van der Waals surface area contributed by atoms with E-state index in [0.717, 1.165) is 0 Å². The van der Waals surface area contributed by atoms with Crippen LogP contribution in [-0.4, -0.2) is 36.4 Å². The summed E-state index contributed by atoms with van der Waals surface area (Å²) < 4.78 is 5.01. The summed E-state index contributed by atoms with van der Waals surface area (Å²) in [4.78, 5) is 33.8. The van der Waals surface area contributed by atoms with Gasteiger partial charge >= 0.3 is 5.97 Å². The number of amides is 1.